The van der Waals surface area contributed by atoms with Crippen LogP contribution < -0.4 is 0 Å². The van der Waals surface area contributed by atoms with Gasteiger partial charge in [0.15, 0.2) is 0 Å². The molecule has 11 aromatic rings. The van der Waals surface area contributed by atoms with Crippen LogP contribution in [0.1, 0.15) is 5.76 Å². The number of rotatable bonds is 4. The Bertz CT molecular complexity index is 3120. The van der Waals surface area contributed by atoms with Crippen molar-refractivity contribution in [3.63, 3.8) is 0 Å². The standard InChI is InChI=1S/C51H32OS/c1-31-29-30-43(52-31)49-39-23-11-9-21-37(39)48(38-22-10-12-24-40(38)49)42-26-14-28-45-51(42)50-41(25-13-27-44(50)53-45)47-35-19-7-5-17-33(35)46(32-15-3-2-4-16-32)34-18-6-8-20-36(34)47/h2-30H,1H3. The summed E-state index contributed by atoms with van der Waals surface area (Å²) >= 11 is 1.89. The van der Waals surface area contributed by atoms with Gasteiger partial charge in [-0.05, 0) is 108 Å². The molecule has 9 aromatic carbocycles. The first kappa shape index (κ1) is 30.2. The topological polar surface area (TPSA) is 13.1 Å². The molecule has 0 aliphatic rings. The van der Waals surface area contributed by atoms with E-state index in [9.17, 15) is 0 Å². The van der Waals surface area contributed by atoms with Gasteiger partial charge >= 0.3 is 0 Å². The molecule has 0 fully saturated rings. The van der Waals surface area contributed by atoms with Gasteiger partial charge in [0.25, 0.3) is 0 Å². The third kappa shape index (κ3) is 4.49. The predicted molar refractivity (Wildman–Crippen MR) is 228 cm³/mol. The van der Waals surface area contributed by atoms with Crippen LogP contribution in [0.5, 0.6) is 0 Å². The maximum absolute atomic E-state index is 6.32. The molecule has 0 radical (unpaired) electrons. The fourth-order valence-electron chi connectivity index (χ4n) is 8.87. The fourth-order valence-corrected chi connectivity index (χ4v) is 10.0. The van der Waals surface area contributed by atoms with Crippen molar-refractivity contribution in [3.8, 4) is 44.7 Å². The highest BCUT2D eigenvalue weighted by atomic mass is 32.1. The van der Waals surface area contributed by atoms with Gasteiger partial charge in [-0.3, -0.25) is 0 Å². The van der Waals surface area contributed by atoms with Crippen molar-refractivity contribution < 1.29 is 4.42 Å². The molecule has 0 aliphatic carbocycles. The first-order valence-electron chi connectivity index (χ1n) is 18.2. The Morgan fingerprint density at radius 1 is 0.340 bits per heavy atom. The molecule has 53 heavy (non-hydrogen) atoms. The van der Waals surface area contributed by atoms with Crippen LogP contribution in [0.15, 0.2) is 180 Å². The monoisotopic (exact) mass is 692 g/mol. The number of hydrogen-bond acceptors (Lipinski definition) is 2. The molecule has 2 heterocycles. The van der Waals surface area contributed by atoms with E-state index in [0.29, 0.717) is 0 Å². The molecule has 0 saturated carbocycles. The molecule has 2 heteroatoms. The molecular formula is C51H32OS. The van der Waals surface area contributed by atoms with E-state index in [0.717, 1.165) is 17.1 Å². The molecule has 248 valence electrons. The van der Waals surface area contributed by atoms with Crippen LogP contribution in [-0.4, -0.2) is 0 Å². The third-order valence-corrected chi connectivity index (χ3v) is 12.1. The zero-order valence-electron chi connectivity index (χ0n) is 29.1. The Morgan fingerprint density at radius 2 is 0.736 bits per heavy atom. The quantitative estimate of drug-likeness (QED) is 0.167. The summed E-state index contributed by atoms with van der Waals surface area (Å²) in [5.41, 5.74) is 8.74. The van der Waals surface area contributed by atoms with Crippen LogP contribution in [0.2, 0.25) is 0 Å². The zero-order chi connectivity index (χ0) is 35.0. The van der Waals surface area contributed by atoms with Crippen LogP contribution in [0.25, 0.3) is 108 Å². The van der Waals surface area contributed by atoms with Gasteiger partial charge < -0.3 is 4.42 Å². The Labute approximate surface area is 311 Å². The lowest BCUT2D eigenvalue weighted by Crippen LogP contribution is -1.92. The van der Waals surface area contributed by atoms with Gasteiger partial charge in [0, 0.05) is 25.7 Å². The summed E-state index contributed by atoms with van der Waals surface area (Å²) in [5.74, 6) is 1.82. The average molecular weight is 693 g/mol. The Hall–Kier alpha value is -6.48. The smallest absolute Gasteiger partial charge is 0.135 e. The number of furan rings is 1. The summed E-state index contributed by atoms with van der Waals surface area (Å²) in [4.78, 5) is 0. The molecule has 11 rings (SSSR count). The summed E-state index contributed by atoms with van der Waals surface area (Å²) in [6.45, 7) is 2.02. The fraction of sp³-hybridized carbons (Fsp3) is 0.0196. The largest absolute Gasteiger partial charge is 0.461 e. The molecule has 0 N–H and O–H groups in total. The van der Waals surface area contributed by atoms with E-state index < -0.39 is 0 Å². The van der Waals surface area contributed by atoms with Crippen LogP contribution >= 0.6 is 11.3 Å². The number of thiophene rings is 1. The van der Waals surface area contributed by atoms with Crippen molar-refractivity contribution in [2.45, 2.75) is 6.92 Å². The highest BCUT2D eigenvalue weighted by molar-refractivity contribution is 7.26. The molecule has 0 amide bonds. The minimum absolute atomic E-state index is 0.903. The van der Waals surface area contributed by atoms with Crippen molar-refractivity contribution in [2.75, 3.05) is 0 Å². The molecule has 0 atom stereocenters. The predicted octanol–water partition coefficient (Wildman–Crippen LogP) is 15.2. The first-order chi connectivity index (χ1) is 26.2. The second kappa shape index (κ2) is 11.8. The van der Waals surface area contributed by atoms with E-state index in [1.54, 1.807) is 0 Å². The lowest BCUT2D eigenvalue weighted by atomic mass is 9.83. The van der Waals surface area contributed by atoms with Crippen LogP contribution in [0.3, 0.4) is 0 Å². The molecule has 0 saturated heterocycles. The average Bonchev–Trinajstić information content (AvgIpc) is 3.82. The molecule has 0 spiro atoms. The van der Waals surface area contributed by atoms with E-state index in [4.69, 9.17) is 4.42 Å². The lowest BCUT2D eigenvalue weighted by Gasteiger charge is -2.19. The third-order valence-electron chi connectivity index (χ3n) is 11.0. The van der Waals surface area contributed by atoms with Crippen molar-refractivity contribution >= 4 is 74.6 Å². The molecule has 0 bridgehead atoms. The summed E-state index contributed by atoms with van der Waals surface area (Å²) in [7, 11) is 0. The molecule has 0 unspecified atom stereocenters. The molecule has 0 aliphatic heterocycles. The van der Waals surface area contributed by atoms with Gasteiger partial charge in [0.05, 0.1) is 0 Å². The first-order valence-corrected chi connectivity index (χ1v) is 19.0. The van der Waals surface area contributed by atoms with Crippen LogP contribution in [0.4, 0.5) is 0 Å². The van der Waals surface area contributed by atoms with E-state index in [-0.39, 0.29) is 0 Å². The number of aryl methyl sites for hydroxylation is 1. The Morgan fingerprint density at radius 3 is 1.15 bits per heavy atom. The molecule has 1 nitrogen and oxygen atoms in total. The highest BCUT2D eigenvalue weighted by Gasteiger charge is 2.23. The van der Waals surface area contributed by atoms with Gasteiger partial charge in [-0.25, -0.2) is 0 Å². The van der Waals surface area contributed by atoms with Gasteiger partial charge in [-0.1, -0.05) is 152 Å². The van der Waals surface area contributed by atoms with E-state index in [2.05, 4.69) is 176 Å². The lowest BCUT2D eigenvalue weighted by molar-refractivity contribution is 0.549. The number of hydrogen-bond donors (Lipinski definition) is 0. The Kier molecular flexibility index (Phi) is 6.71. The minimum Gasteiger partial charge on any atom is -0.461 e. The minimum atomic E-state index is 0.903. The highest BCUT2D eigenvalue weighted by Crippen LogP contribution is 2.52. The van der Waals surface area contributed by atoms with Crippen LogP contribution in [-0.2, 0) is 0 Å². The van der Waals surface area contributed by atoms with Crippen molar-refractivity contribution in [1.82, 2.24) is 0 Å². The summed E-state index contributed by atoms with van der Waals surface area (Å²) < 4.78 is 8.90. The summed E-state index contributed by atoms with van der Waals surface area (Å²) in [6, 6.07) is 64.4. The summed E-state index contributed by atoms with van der Waals surface area (Å²) in [5, 5.41) is 12.5. The van der Waals surface area contributed by atoms with Gasteiger partial charge in [-0.2, -0.15) is 0 Å². The van der Waals surface area contributed by atoms with Crippen LogP contribution in [0, 0.1) is 6.92 Å². The normalized spacial score (nSPS) is 11.9. The molecular weight excluding hydrogens is 661 g/mol. The zero-order valence-corrected chi connectivity index (χ0v) is 29.9. The second-order valence-corrected chi connectivity index (χ2v) is 15.0. The van der Waals surface area contributed by atoms with E-state index >= 15 is 0 Å². The van der Waals surface area contributed by atoms with E-state index in [1.807, 2.05) is 18.3 Å². The SMILES string of the molecule is Cc1ccc(-c2c3ccccc3c(-c3cccc4sc5cccc(-c6c7ccccc7c(-c7ccccc7)c7ccccc67)c5c34)c3ccccc23)o1. The maximum atomic E-state index is 6.32. The Balaban J connectivity index is 1.29. The van der Waals surface area contributed by atoms with Gasteiger partial charge in [-0.15, -0.1) is 11.3 Å². The van der Waals surface area contributed by atoms with E-state index in [1.165, 1.54) is 96.6 Å². The van der Waals surface area contributed by atoms with Crippen molar-refractivity contribution in [1.29, 1.82) is 0 Å². The van der Waals surface area contributed by atoms with Crippen molar-refractivity contribution in [3.05, 3.63) is 182 Å². The number of fused-ring (bicyclic) bond motifs is 7. The van der Waals surface area contributed by atoms with Crippen molar-refractivity contribution in [2.24, 2.45) is 0 Å². The van der Waals surface area contributed by atoms with Gasteiger partial charge in [0.1, 0.15) is 11.5 Å². The second-order valence-electron chi connectivity index (χ2n) is 13.9. The molecule has 2 aromatic heterocycles. The number of benzene rings is 9. The van der Waals surface area contributed by atoms with Gasteiger partial charge in [0.2, 0.25) is 0 Å². The maximum Gasteiger partial charge on any atom is 0.135 e. The summed E-state index contributed by atoms with van der Waals surface area (Å²) in [6.07, 6.45) is 0.